The van der Waals surface area contributed by atoms with Crippen LogP contribution in [0.1, 0.15) is 40.9 Å². The van der Waals surface area contributed by atoms with Gasteiger partial charge in [-0.15, -0.1) is 10.2 Å². The first-order valence-electron chi connectivity index (χ1n) is 13.4. The molecule has 2 aliphatic heterocycles. The molecule has 2 aromatic carbocycles. The van der Waals surface area contributed by atoms with Crippen molar-refractivity contribution in [3.05, 3.63) is 71.2 Å². The van der Waals surface area contributed by atoms with Crippen LogP contribution in [0.5, 0.6) is 0 Å². The highest BCUT2D eigenvalue weighted by Crippen LogP contribution is 2.41. The molecule has 0 saturated carbocycles. The first kappa shape index (κ1) is 27.2. The van der Waals surface area contributed by atoms with E-state index in [0.29, 0.717) is 36.7 Å². The zero-order valence-corrected chi connectivity index (χ0v) is 23.2. The maximum absolute atomic E-state index is 14.3. The highest BCUT2D eigenvalue weighted by atomic mass is 19.4. The smallest absolute Gasteiger partial charge is 0.373 e. The first-order chi connectivity index (χ1) is 19.5. The minimum absolute atomic E-state index is 0.000624. The van der Waals surface area contributed by atoms with Crippen molar-refractivity contribution in [2.75, 3.05) is 18.0 Å². The van der Waals surface area contributed by atoms with Crippen LogP contribution in [0.15, 0.2) is 48.9 Å². The molecule has 0 unspecified atom stereocenters. The minimum Gasteiger partial charge on any atom is -0.373 e. The number of aryl methyl sites for hydroxylation is 2. The SMILES string of the molecule is C[C@H]1CN(Cc2cc3c(c(C(F)(F)F)c2)CN(c2cccc(-c4c(-c5nncn5C)cnn4C)c2)C3=O)C[C@H](C)O1. The molecule has 214 valence electrons. The van der Waals surface area contributed by atoms with Crippen molar-refractivity contribution < 1.29 is 22.7 Å². The average Bonchev–Trinajstić information content (AvgIpc) is 3.59. The molecule has 0 bridgehead atoms. The third-order valence-electron chi connectivity index (χ3n) is 7.63. The van der Waals surface area contributed by atoms with Crippen molar-refractivity contribution >= 4 is 11.6 Å². The summed E-state index contributed by atoms with van der Waals surface area (Å²) in [6.45, 7) is 5.26. The Morgan fingerprint density at radius 1 is 1.05 bits per heavy atom. The molecule has 1 saturated heterocycles. The number of alkyl halides is 3. The Hall–Kier alpha value is -4.03. The third-order valence-corrected chi connectivity index (χ3v) is 7.63. The molecule has 1 amide bonds. The predicted molar refractivity (Wildman–Crippen MR) is 146 cm³/mol. The number of carbonyl (C=O) groups is 1. The highest BCUT2D eigenvalue weighted by Gasteiger charge is 2.41. The quantitative estimate of drug-likeness (QED) is 0.350. The van der Waals surface area contributed by atoms with Gasteiger partial charge in [-0.1, -0.05) is 12.1 Å². The van der Waals surface area contributed by atoms with E-state index in [9.17, 15) is 18.0 Å². The van der Waals surface area contributed by atoms with Crippen molar-refractivity contribution in [1.29, 1.82) is 0 Å². The van der Waals surface area contributed by atoms with Gasteiger partial charge in [0.15, 0.2) is 5.82 Å². The van der Waals surface area contributed by atoms with Crippen LogP contribution >= 0.6 is 0 Å². The van der Waals surface area contributed by atoms with Crippen molar-refractivity contribution in [3.8, 4) is 22.6 Å². The van der Waals surface area contributed by atoms with E-state index in [-0.39, 0.29) is 29.9 Å². The van der Waals surface area contributed by atoms with Gasteiger partial charge in [-0.25, -0.2) is 0 Å². The largest absolute Gasteiger partial charge is 0.416 e. The fraction of sp³-hybridized carbons (Fsp3) is 0.379. The van der Waals surface area contributed by atoms with Gasteiger partial charge in [0.2, 0.25) is 0 Å². The third kappa shape index (κ3) is 5.02. The number of ether oxygens (including phenoxy) is 1. The molecule has 2 atom stereocenters. The summed E-state index contributed by atoms with van der Waals surface area (Å²) in [5.74, 6) is 0.168. The summed E-state index contributed by atoms with van der Waals surface area (Å²) in [7, 11) is 3.63. The van der Waals surface area contributed by atoms with Gasteiger partial charge in [0.25, 0.3) is 5.91 Å². The summed E-state index contributed by atoms with van der Waals surface area (Å²) >= 11 is 0. The highest BCUT2D eigenvalue weighted by molar-refractivity contribution is 6.10. The molecule has 6 rings (SSSR count). The molecule has 2 aromatic heterocycles. The predicted octanol–water partition coefficient (Wildman–Crippen LogP) is 4.67. The number of hydrogen-bond acceptors (Lipinski definition) is 6. The summed E-state index contributed by atoms with van der Waals surface area (Å²) in [5.41, 5.74) is 2.54. The van der Waals surface area contributed by atoms with Crippen LogP contribution < -0.4 is 4.90 Å². The second-order valence-corrected chi connectivity index (χ2v) is 10.9. The fourth-order valence-corrected chi connectivity index (χ4v) is 5.98. The van der Waals surface area contributed by atoms with E-state index in [2.05, 4.69) is 20.2 Å². The molecule has 4 aromatic rings. The number of amides is 1. The van der Waals surface area contributed by atoms with Crippen LogP contribution in [0.4, 0.5) is 18.9 Å². The maximum atomic E-state index is 14.3. The molecule has 9 nitrogen and oxygen atoms in total. The standard InChI is InChI=1S/C29H30F3N7O2/c1-17-12-38(13-18(2)41-17)14-19-8-22-24(25(9-19)29(30,31)32)15-39(28(22)40)21-7-5-6-20(10-21)26-23(11-34-37(26)4)27-35-33-16-36(27)3/h5-11,16-18H,12-15H2,1-4H3/t17-,18-/m0/s1. The van der Waals surface area contributed by atoms with Gasteiger partial charge in [0.05, 0.1) is 41.8 Å². The molecular formula is C29H30F3N7O2. The number of hydrogen-bond donors (Lipinski definition) is 0. The Bertz CT molecular complexity index is 1620. The Labute approximate surface area is 235 Å². The second-order valence-electron chi connectivity index (χ2n) is 10.9. The molecule has 1 fully saturated rings. The number of aromatic nitrogens is 5. The van der Waals surface area contributed by atoms with E-state index in [0.717, 1.165) is 16.8 Å². The van der Waals surface area contributed by atoms with Crippen molar-refractivity contribution in [2.45, 2.75) is 45.3 Å². The summed E-state index contributed by atoms with van der Waals surface area (Å²) in [6.07, 6.45) is -1.35. The number of halogens is 3. The van der Waals surface area contributed by atoms with Crippen LogP contribution in [0.25, 0.3) is 22.6 Å². The number of carbonyl (C=O) groups excluding carboxylic acids is 1. The van der Waals surface area contributed by atoms with Gasteiger partial charge < -0.3 is 14.2 Å². The maximum Gasteiger partial charge on any atom is 0.416 e. The lowest BCUT2D eigenvalue weighted by molar-refractivity contribution is -0.138. The van der Waals surface area contributed by atoms with Gasteiger partial charge in [-0.3, -0.25) is 14.4 Å². The molecule has 0 N–H and O–H groups in total. The fourth-order valence-electron chi connectivity index (χ4n) is 5.98. The lowest BCUT2D eigenvalue weighted by Gasteiger charge is -2.35. The number of benzene rings is 2. The van der Waals surface area contributed by atoms with Crippen LogP contribution in [-0.2, 0) is 38.1 Å². The molecule has 2 aliphatic rings. The van der Waals surface area contributed by atoms with Crippen molar-refractivity contribution in [2.24, 2.45) is 14.1 Å². The monoisotopic (exact) mass is 565 g/mol. The lowest BCUT2D eigenvalue weighted by Crippen LogP contribution is -2.44. The molecule has 41 heavy (non-hydrogen) atoms. The van der Waals surface area contributed by atoms with Gasteiger partial charge in [0.1, 0.15) is 6.33 Å². The van der Waals surface area contributed by atoms with E-state index in [1.807, 2.05) is 27.0 Å². The van der Waals surface area contributed by atoms with Crippen molar-refractivity contribution in [1.82, 2.24) is 29.4 Å². The van der Waals surface area contributed by atoms with Crippen molar-refractivity contribution in [3.63, 3.8) is 0 Å². The van der Waals surface area contributed by atoms with E-state index in [4.69, 9.17) is 4.74 Å². The first-order valence-corrected chi connectivity index (χ1v) is 13.4. The van der Waals surface area contributed by atoms with E-state index in [1.54, 1.807) is 53.1 Å². The van der Waals surface area contributed by atoms with Gasteiger partial charge >= 0.3 is 6.18 Å². The molecule has 0 aliphatic carbocycles. The topological polar surface area (TPSA) is 81.3 Å². The Kier molecular flexibility index (Phi) is 6.69. The summed E-state index contributed by atoms with van der Waals surface area (Å²) in [5, 5.41) is 12.5. The van der Waals surface area contributed by atoms with E-state index < -0.39 is 17.6 Å². The zero-order chi connectivity index (χ0) is 29.1. The summed E-state index contributed by atoms with van der Waals surface area (Å²) in [6, 6.07) is 10.00. The van der Waals surface area contributed by atoms with Crippen LogP contribution in [0, 0.1) is 0 Å². The Morgan fingerprint density at radius 3 is 2.49 bits per heavy atom. The number of morpholine rings is 1. The van der Waals surface area contributed by atoms with E-state index in [1.165, 1.54) is 11.0 Å². The van der Waals surface area contributed by atoms with E-state index >= 15 is 0 Å². The Morgan fingerprint density at radius 2 is 1.80 bits per heavy atom. The van der Waals surface area contributed by atoms with Crippen LogP contribution in [0.3, 0.4) is 0 Å². The van der Waals surface area contributed by atoms with Gasteiger partial charge in [-0.2, -0.15) is 18.3 Å². The molecule has 0 spiro atoms. The minimum atomic E-state index is -4.59. The number of rotatable bonds is 5. The second kappa shape index (κ2) is 10.1. The van der Waals surface area contributed by atoms with Gasteiger partial charge in [0, 0.05) is 50.5 Å². The van der Waals surface area contributed by atoms with Gasteiger partial charge in [-0.05, 0) is 49.2 Å². The molecule has 0 radical (unpaired) electrons. The molecule has 12 heteroatoms. The molecule has 4 heterocycles. The normalized spacial score (nSPS) is 19.7. The lowest BCUT2D eigenvalue weighted by atomic mass is 9.98. The summed E-state index contributed by atoms with van der Waals surface area (Å²) in [4.78, 5) is 17.2. The number of fused-ring (bicyclic) bond motifs is 1. The zero-order valence-electron chi connectivity index (χ0n) is 23.2. The number of nitrogens with zero attached hydrogens (tertiary/aromatic N) is 7. The van der Waals surface area contributed by atoms with Crippen LogP contribution in [0.2, 0.25) is 0 Å². The average molecular weight is 566 g/mol. The Balaban J connectivity index is 1.35. The summed E-state index contributed by atoms with van der Waals surface area (Å²) < 4.78 is 52.2. The molecular weight excluding hydrogens is 535 g/mol. The number of anilines is 1. The van der Waals surface area contributed by atoms with Crippen LogP contribution in [-0.4, -0.2) is 60.6 Å².